The van der Waals surface area contributed by atoms with E-state index in [4.69, 9.17) is 0 Å². The minimum atomic E-state index is -0.171. The lowest BCUT2D eigenvalue weighted by Gasteiger charge is -2.34. The summed E-state index contributed by atoms with van der Waals surface area (Å²) >= 11 is 1.47. The van der Waals surface area contributed by atoms with Crippen LogP contribution in [0.3, 0.4) is 0 Å². The quantitative estimate of drug-likeness (QED) is 0.734. The molecule has 0 bridgehead atoms. The van der Waals surface area contributed by atoms with Crippen LogP contribution >= 0.6 is 11.8 Å². The first kappa shape index (κ1) is 18.2. The van der Waals surface area contributed by atoms with Gasteiger partial charge in [0, 0.05) is 25.7 Å². The molecule has 3 aliphatic rings. The van der Waals surface area contributed by atoms with Gasteiger partial charge < -0.3 is 10.2 Å². The van der Waals surface area contributed by atoms with Crippen LogP contribution in [0.15, 0.2) is 5.16 Å². The van der Waals surface area contributed by atoms with E-state index < -0.39 is 0 Å². The maximum Gasteiger partial charge on any atom is 0.233 e. The van der Waals surface area contributed by atoms with Gasteiger partial charge in [-0.05, 0) is 61.8 Å². The van der Waals surface area contributed by atoms with Gasteiger partial charge in [-0.1, -0.05) is 24.6 Å². The average molecular weight is 379 g/mol. The molecule has 2 aliphatic carbocycles. The summed E-state index contributed by atoms with van der Waals surface area (Å²) in [6.45, 7) is 5.43. The number of hydrogen-bond acceptors (Lipinski definition) is 6. The van der Waals surface area contributed by atoms with Gasteiger partial charge >= 0.3 is 0 Å². The van der Waals surface area contributed by atoms with Crippen LogP contribution in [0.1, 0.15) is 64.3 Å². The first-order chi connectivity index (χ1) is 12.7. The predicted molar refractivity (Wildman–Crippen MR) is 101 cm³/mol. The monoisotopic (exact) mass is 378 g/mol. The van der Waals surface area contributed by atoms with E-state index >= 15 is 0 Å². The maximum absolute atomic E-state index is 12.6. The second-order valence-electron chi connectivity index (χ2n) is 8.13. The topological polar surface area (TPSA) is 75.9 Å². The normalized spacial score (nSPS) is 24.0. The highest BCUT2D eigenvalue weighted by Gasteiger charge is 2.30. The highest BCUT2D eigenvalue weighted by atomic mass is 32.2. The van der Waals surface area contributed by atoms with Gasteiger partial charge in [0.2, 0.25) is 11.1 Å². The number of nitrogens with one attached hydrogen (secondary N) is 1. The molecule has 1 N–H and O–H groups in total. The molecule has 1 aromatic rings. The van der Waals surface area contributed by atoms with E-state index in [9.17, 15) is 4.79 Å². The van der Waals surface area contributed by atoms with Gasteiger partial charge in [-0.25, -0.2) is 4.68 Å². The van der Waals surface area contributed by atoms with Crippen LogP contribution in [0.4, 0.5) is 0 Å². The molecule has 26 heavy (non-hydrogen) atoms. The smallest absolute Gasteiger partial charge is 0.233 e. The molecule has 1 unspecified atom stereocenters. The highest BCUT2D eigenvalue weighted by Crippen LogP contribution is 2.37. The Kier molecular flexibility index (Phi) is 5.78. The molecule has 144 valence electrons. The third-order valence-corrected chi connectivity index (χ3v) is 6.98. The molecule has 2 saturated carbocycles. The summed E-state index contributed by atoms with van der Waals surface area (Å²) in [5.74, 6) is 1.02. The first-order valence-electron chi connectivity index (χ1n) is 10.2. The number of hydrogen-bond donors (Lipinski definition) is 1. The van der Waals surface area contributed by atoms with Crippen molar-refractivity contribution in [1.29, 1.82) is 0 Å². The Labute approximate surface area is 159 Å². The zero-order valence-electron chi connectivity index (χ0n) is 15.6. The maximum atomic E-state index is 12.6. The Morgan fingerprint density at radius 1 is 1.19 bits per heavy atom. The van der Waals surface area contributed by atoms with Crippen LogP contribution in [-0.4, -0.2) is 61.9 Å². The fourth-order valence-corrected chi connectivity index (χ4v) is 5.03. The number of nitrogens with zero attached hydrogens (tertiary/aromatic N) is 5. The number of amides is 1. The van der Waals surface area contributed by atoms with Gasteiger partial charge in [-0.2, -0.15) is 0 Å². The summed E-state index contributed by atoms with van der Waals surface area (Å²) in [5, 5.41) is 15.7. The Morgan fingerprint density at radius 3 is 2.62 bits per heavy atom. The molecule has 7 nitrogen and oxygen atoms in total. The summed E-state index contributed by atoms with van der Waals surface area (Å²) in [6, 6.07) is 0.747. The number of likely N-dealkylation sites (tertiary alicyclic amines) is 1. The molecule has 0 aromatic carbocycles. The van der Waals surface area contributed by atoms with Gasteiger partial charge in [0.1, 0.15) is 0 Å². The standard InChI is InChI=1S/C18H30N6OS/c1-13(26-18-20-21-22-24(18)16-6-7-16)17(25)19-15-8-10-23(11-9-15)12-14-4-2-3-5-14/h13-16H,2-12H2,1H3,(H,19,25). The van der Waals surface area contributed by atoms with E-state index in [1.807, 2.05) is 11.6 Å². The molecule has 0 spiro atoms. The second-order valence-corrected chi connectivity index (χ2v) is 9.44. The van der Waals surface area contributed by atoms with Gasteiger partial charge in [0.15, 0.2) is 0 Å². The van der Waals surface area contributed by atoms with Crippen molar-refractivity contribution in [3.05, 3.63) is 0 Å². The molecule has 1 saturated heterocycles. The molecule has 8 heteroatoms. The van der Waals surface area contributed by atoms with Crippen molar-refractivity contribution >= 4 is 17.7 Å². The number of aromatic nitrogens is 4. The van der Waals surface area contributed by atoms with Crippen molar-refractivity contribution in [1.82, 2.24) is 30.4 Å². The summed E-state index contributed by atoms with van der Waals surface area (Å²) in [7, 11) is 0. The third-order valence-electron chi connectivity index (χ3n) is 5.93. The number of carbonyl (C=O) groups excluding carboxylic acids is 1. The highest BCUT2D eigenvalue weighted by molar-refractivity contribution is 8.00. The lowest BCUT2D eigenvalue weighted by molar-refractivity contribution is -0.121. The predicted octanol–water partition coefficient (Wildman–Crippen LogP) is 2.26. The van der Waals surface area contributed by atoms with Crippen molar-refractivity contribution in [3.63, 3.8) is 0 Å². The van der Waals surface area contributed by atoms with Crippen molar-refractivity contribution in [2.45, 2.75) is 80.8 Å². The van der Waals surface area contributed by atoms with Crippen molar-refractivity contribution in [3.8, 4) is 0 Å². The van der Waals surface area contributed by atoms with Crippen molar-refractivity contribution < 1.29 is 4.79 Å². The molecule has 0 radical (unpaired) electrons. The molecule has 3 fully saturated rings. The Bertz CT molecular complexity index is 605. The number of carbonyl (C=O) groups is 1. The van der Waals surface area contributed by atoms with Crippen LogP contribution < -0.4 is 5.32 Å². The van der Waals surface area contributed by atoms with Crippen LogP contribution in [0.2, 0.25) is 0 Å². The number of thioether (sulfide) groups is 1. The molecule has 1 amide bonds. The average Bonchev–Trinajstić information content (AvgIpc) is 3.15. The van der Waals surface area contributed by atoms with E-state index in [0.717, 1.165) is 49.8 Å². The Balaban J connectivity index is 1.20. The zero-order chi connectivity index (χ0) is 17.9. The van der Waals surface area contributed by atoms with Gasteiger partial charge in [-0.3, -0.25) is 4.79 Å². The van der Waals surface area contributed by atoms with Gasteiger partial charge in [0.05, 0.1) is 11.3 Å². The first-order valence-corrected chi connectivity index (χ1v) is 11.0. The van der Waals surface area contributed by atoms with Crippen molar-refractivity contribution in [2.75, 3.05) is 19.6 Å². The summed E-state index contributed by atoms with van der Waals surface area (Å²) < 4.78 is 1.87. The molecule has 1 aromatic heterocycles. The summed E-state index contributed by atoms with van der Waals surface area (Å²) in [6.07, 6.45) is 10.0. The Morgan fingerprint density at radius 2 is 1.92 bits per heavy atom. The van der Waals surface area contributed by atoms with Crippen LogP contribution in [0, 0.1) is 5.92 Å². The zero-order valence-corrected chi connectivity index (χ0v) is 16.5. The van der Waals surface area contributed by atoms with E-state index in [1.54, 1.807) is 0 Å². The van der Waals surface area contributed by atoms with Crippen LogP contribution in [0.25, 0.3) is 0 Å². The van der Waals surface area contributed by atoms with Gasteiger partial charge in [-0.15, -0.1) is 5.10 Å². The van der Waals surface area contributed by atoms with Crippen molar-refractivity contribution in [2.24, 2.45) is 5.92 Å². The second kappa shape index (κ2) is 8.25. The summed E-state index contributed by atoms with van der Waals surface area (Å²) in [4.78, 5) is 15.2. The molecular formula is C18H30N6OS. The molecule has 4 rings (SSSR count). The molecule has 2 heterocycles. The molecular weight excluding hydrogens is 348 g/mol. The minimum absolute atomic E-state index is 0.106. The Hall–Kier alpha value is -1.15. The van der Waals surface area contributed by atoms with E-state index in [0.29, 0.717) is 12.1 Å². The minimum Gasteiger partial charge on any atom is -0.352 e. The van der Waals surface area contributed by atoms with E-state index in [1.165, 1.54) is 44.0 Å². The number of rotatable bonds is 7. The molecule has 1 atom stereocenters. The summed E-state index contributed by atoms with van der Waals surface area (Å²) in [5.41, 5.74) is 0. The fraction of sp³-hybridized carbons (Fsp3) is 0.889. The van der Waals surface area contributed by atoms with E-state index in [-0.39, 0.29) is 11.2 Å². The fourth-order valence-electron chi connectivity index (χ4n) is 4.16. The lowest BCUT2D eigenvalue weighted by atomic mass is 10.0. The van der Waals surface area contributed by atoms with Crippen LogP contribution in [0.5, 0.6) is 0 Å². The molecule has 1 aliphatic heterocycles. The third kappa shape index (κ3) is 4.57. The number of piperidine rings is 1. The number of tetrazole rings is 1. The largest absolute Gasteiger partial charge is 0.352 e. The SMILES string of the molecule is CC(Sc1nnnn1C1CC1)C(=O)NC1CCN(CC2CCCC2)CC1. The van der Waals surface area contributed by atoms with E-state index in [2.05, 4.69) is 25.7 Å². The van der Waals surface area contributed by atoms with Gasteiger partial charge in [0.25, 0.3) is 0 Å². The van der Waals surface area contributed by atoms with Crippen LogP contribution in [-0.2, 0) is 4.79 Å². The lowest BCUT2D eigenvalue weighted by Crippen LogP contribution is -2.47.